The minimum absolute atomic E-state index is 0. The molecule has 118 valence electrons. The van der Waals surface area contributed by atoms with Crippen LogP contribution < -0.4 is 10.6 Å². The summed E-state index contributed by atoms with van der Waals surface area (Å²) in [7, 11) is 1.71. The van der Waals surface area contributed by atoms with Crippen LogP contribution in [0.2, 0.25) is 0 Å². The molecule has 0 bridgehead atoms. The molecule has 0 aliphatic carbocycles. The lowest BCUT2D eigenvalue weighted by Crippen LogP contribution is -2.28. The van der Waals surface area contributed by atoms with E-state index in [1.54, 1.807) is 7.05 Å². The third-order valence-corrected chi connectivity index (χ3v) is 2.20. The number of carbonyl (C=O) groups is 1. The molecule has 20 heavy (non-hydrogen) atoms. The van der Waals surface area contributed by atoms with Gasteiger partial charge in [0.15, 0.2) is 0 Å². The molecule has 0 fully saturated rings. The maximum absolute atomic E-state index is 12.2. The average molecular weight is 337 g/mol. The summed E-state index contributed by atoms with van der Waals surface area (Å²) in [5.41, 5.74) is 0. The molecule has 0 saturated heterocycles. The number of carbonyl (C=O) groups excluding carboxylic acids is 1. The molecule has 0 atom stereocenters. The van der Waals surface area contributed by atoms with Gasteiger partial charge in [0.2, 0.25) is 5.91 Å². The van der Waals surface area contributed by atoms with E-state index in [1.807, 2.05) is 0 Å². The van der Waals surface area contributed by atoms with Gasteiger partial charge in [-0.25, -0.2) is 4.98 Å². The van der Waals surface area contributed by atoms with E-state index in [4.69, 9.17) is 0 Å². The Kier molecular flexibility index (Phi) is 10.5. The highest BCUT2D eigenvalue weighted by Crippen LogP contribution is 2.18. The van der Waals surface area contributed by atoms with E-state index in [-0.39, 0.29) is 49.5 Å². The Balaban J connectivity index is 0. The molecule has 1 rings (SSSR count). The number of aromatic nitrogens is 2. The van der Waals surface area contributed by atoms with Crippen LogP contribution in [0.25, 0.3) is 0 Å². The maximum atomic E-state index is 12.2. The van der Waals surface area contributed by atoms with Crippen LogP contribution in [0.1, 0.15) is 12.2 Å². The molecule has 1 aromatic rings. The fraction of sp³-hybridized carbons (Fsp3) is 0.600. The van der Waals surface area contributed by atoms with Crippen molar-refractivity contribution in [3.05, 3.63) is 18.2 Å². The number of imidazole rings is 1. The number of hydrogen-bond donors (Lipinski definition) is 2. The van der Waals surface area contributed by atoms with Crippen LogP contribution in [0.3, 0.4) is 0 Å². The third kappa shape index (κ3) is 8.23. The first kappa shape index (κ1) is 21.3. The fourth-order valence-corrected chi connectivity index (χ4v) is 1.35. The predicted molar refractivity (Wildman–Crippen MR) is 73.2 cm³/mol. The largest absolute Gasteiger partial charge is 0.406 e. The van der Waals surface area contributed by atoms with Gasteiger partial charge in [-0.2, -0.15) is 13.2 Å². The first-order valence-corrected chi connectivity index (χ1v) is 5.40. The molecule has 5 nitrogen and oxygen atoms in total. The van der Waals surface area contributed by atoms with E-state index < -0.39 is 12.7 Å². The Morgan fingerprint density at radius 1 is 1.40 bits per heavy atom. The molecular weight excluding hydrogens is 320 g/mol. The van der Waals surface area contributed by atoms with E-state index in [0.717, 1.165) is 4.57 Å². The second-order valence-electron chi connectivity index (χ2n) is 3.72. The number of nitrogens with zero attached hydrogens (tertiary/aromatic N) is 2. The Bertz CT molecular complexity index is 398. The zero-order valence-electron chi connectivity index (χ0n) is 10.7. The normalized spacial score (nSPS) is 10.4. The van der Waals surface area contributed by atoms with E-state index in [2.05, 4.69) is 15.6 Å². The van der Waals surface area contributed by atoms with Crippen molar-refractivity contribution < 1.29 is 18.0 Å². The number of alkyl halides is 3. The molecule has 0 aromatic carbocycles. The monoisotopic (exact) mass is 336 g/mol. The van der Waals surface area contributed by atoms with E-state index in [9.17, 15) is 18.0 Å². The van der Waals surface area contributed by atoms with Crippen LogP contribution in [0.5, 0.6) is 0 Å². The van der Waals surface area contributed by atoms with Crippen LogP contribution in [-0.2, 0) is 17.9 Å². The van der Waals surface area contributed by atoms with E-state index >= 15 is 0 Å². The number of halogens is 5. The molecule has 0 saturated carbocycles. The van der Waals surface area contributed by atoms with Crippen molar-refractivity contribution in [3.63, 3.8) is 0 Å². The summed E-state index contributed by atoms with van der Waals surface area (Å²) in [4.78, 5) is 15.1. The highest BCUT2D eigenvalue weighted by Gasteiger charge is 2.28. The van der Waals surface area contributed by atoms with Gasteiger partial charge in [-0.1, -0.05) is 0 Å². The van der Waals surface area contributed by atoms with Crippen LogP contribution in [-0.4, -0.2) is 35.2 Å². The molecule has 1 aromatic heterocycles. The number of amides is 1. The van der Waals surface area contributed by atoms with Gasteiger partial charge in [-0.05, 0) is 7.05 Å². The first-order valence-electron chi connectivity index (χ1n) is 5.40. The number of nitrogens with one attached hydrogen (secondary N) is 2. The molecule has 1 heterocycles. The second-order valence-corrected chi connectivity index (χ2v) is 3.72. The smallest absolute Gasteiger partial charge is 0.349 e. The highest BCUT2D eigenvalue weighted by molar-refractivity contribution is 5.85. The molecule has 0 unspecified atom stereocenters. The molecular formula is C10H17Cl2F3N4O. The lowest BCUT2D eigenvalue weighted by molar-refractivity contribution is -0.141. The Morgan fingerprint density at radius 3 is 2.60 bits per heavy atom. The van der Waals surface area contributed by atoms with Gasteiger partial charge in [-0.3, -0.25) is 4.79 Å². The number of hydrogen-bond acceptors (Lipinski definition) is 3. The predicted octanol–water partition coefficient (Wildman–Crippen LogP) is 1.51. The number of rotatable bonds is 6. The molecule has 10 heteroatoms. The van der Waals surface area contributed by atoms with Crippen LogP contribution in [0, 0.1) is 0 Å². The Hall–Kier alpha value is -0.990. The maximum Gasteiger partial charge on any atom is 0.406 e. The van der Waals surface area contributed by atoms with Crippen LogP contribution in [0.15, 0.2) is 12.4 Å². The van der Waals surface area contributed by atoms with Gasteiger partial charge in [-0.15, -0.1) is 24.8 Å². The summed E-state index contributed by atoms with van der Waals surface area (Å²) >= 11 is 0. The van der Waals surface area contributed by atoms with Gasteiger partial charge < -0.3 is 15.2 Å². The lowest BCUT2D eigenvalue weighted by atomic mass is 10.4. The zero-order valence-corrected chi connectivity index (χ0v) is 12.4. The third-order valence-electron chi connectivity index (χ3n) is 2.20. The summed E-state index contributed by atoms with van der Waals surface area (Å²) in [6, 6.07) is 0. The van der Waals surface area contributed by atoms with Crippen molar-refractivity contribution in [2.24, 2.45) is 0 Å². The fourth-order valence-electron chi connectivity index (χ4n) is 1.35. The first-order chi connectivity index (χ1) is 8.42. The molecule has 0 spiro atoms. The minimum Gasteiger partial charge on any atom is -0.349 e. The second kappa shape index (κ2) is 9.84. The van der Waals surface area contributed by atoms with Crippen LogP contribution >= 0.6 is 24.8 Å². The van der Waals surface area contributed by atoms with Gasteiger partial charge in [0.25, 0.3) is 0 Å². The molecule has 0 aliphatic heterocycles. The molecule has 0 radical (unpaired) electrons. The SMILES string of the molecule is CNCCC(=O)NCc1nccn1CC(F)(F)F.Cl.Cl. The standard InChI is InChI=1S/C10H15F3N4O.2ClH/c1-14-3-2-9(18)16-6-8-15-4-5-17(8)7-10(11,12)13;;/h4-5,14H,2-3,6-7H2,1H3,(H,16,18);2*1H. The van der Waals surface area contributed by atoms with Crippen molar-refractivity contribution in [2.75, 3.05) is 13.6 Å². The van der Waals surface area contributed by atoms with Crippen LogP contribution in [0.4, 0.5) is 13.2 Å². The van der Waals surface area contributed by atoms with Gasteiger partial charge in [0, 0.05) is 25.4 Å². The Morgan fingerprint density at radius 2 is 2.05 bits per heavy atom. The Labute approximate surface area is 127 Å². The lowest BCUT2D eigenvalue weighted by Gasteiger charge is -2.11. The molecule has 0 aliphatic rings. The van der Waals surface area contributed by atoms with Crippen molar-refractivity contribution in [1.82, 2.24) is 20.2 Å². The average Bonchev–Trinajstić information content (AvgIpc) is 2.68. The van der Waals surface area contributed by atoms with Crippen molar-refractivity contribution in [2.45, 2.75) is 25.7 Å². The summed E-state index contributed by atoms with van der Waals surface area (Å²) in [6.07, 6.45) is -1.51. The highest BCUT2D eigenvalue weighted by atomic mass is 35.5. The minimum atomic E-state index is -4.30. The van der Waals surface area contributed by atoms with Crippen molar-refractivity contribution >= 4 is 30.7 Å². The topological polar surface area (TPSA) is 59.0 Å². The summed E-state index contributed by atoms with van der Waals surface area (Å²) in [5, 5.41) is 5.32. The zero-order chi connectivity index (χ0) is 13.6. The van der Waals surface area contributed by atoms with Gasteiger partial charge in [0.1, 0.15) is 12.4 Å². The van der Waals surface area contributed by atoms with E-state index in [1.165, 1.54) is 12.4 Å². The van der Waals surface area contributed by atoms with Crippen molar-refractivity contribution in [3.8, 4) is 0 Å². The van der Waals surface area contributed by atoms with E-state index in [0.29, 0.717) is 6.54 Å². The van der Waals surface area contributed by atoms with Gasteiger partial charge >= 0.3 is 6.18 Å². The summed E-state index contributed by atoms with van der Waals surface area (Å²) < 4.78 is 37.6. The van der Waals surface area contributed by atoms with Gasteiger partial charge in [0.05, 0.1) is 6.54 Å². The van der Waals surface area contributed by atoms with Crippen molar-refractivity contribution in [1.29, 1.82) is 0 Å². The summed E-state index contributed by atoms with van der Waals surface area (Å²) in [5.74, 6) is -0.0453. The molecule has 2 N–H and O–H groups in total. The summed E-state index contributed by atoms with van der Waals surface area (Å²) in [6.45, 7) is -0.594. The molecule has 1 amide bonds. The quantitative estimate of drug-likeness (QED) is 0.827.